The van der Waals surface area contributed by atoms with Gasteiger partial charge >= 0.3 is 5.97 Å². The number of hydrogen-bond donors (Lipinski definition) is 6. The molecule has 2 aromatic carbocycles. The minimum atomic E-state index is -4.25. The summed E-state index contributed by atoms with van der Waals surface area (Å²) in [6.45, 7) is 2.56. The molecule has 5 amide bonds. The number of likely N-dealkylation sites (tertiary alicyclic amines) is 1. The number of thioether (sulfide) groups is 2. The Morgan fingerprint density at radius 1 is 0.898 bits per heavy atom. The Hall–Kier alpha value is -4.46. The molecule has 1 aliphatic carbocycles. The molecule has 320 valence electrons. The maximum atomic E-state index is 14.8. The summed E-state index contributed by atoms with van der Waals surface area (Å²) in [6, 6.07) is 8.61. The van der Waals surface area contributed by atoms with Crippen LogP contribution in [0.3, 0.4) is 0 Å². The Morgan fingerprint density at radius 3 is 2.17 bits per heavy atom. The van der Waals surface area contributed by atoms with Crippen LogP contribution >= 0.6 is 23.5 Å². The smallest absolute Gasteiger partial charge is 0.330 e. The zero-order valence-corrected chi connectivity index (χ0v) is 35.5. The van der Waals surface area contributed by atoms with Crippen LogP contribution in [0.1, 0.15) is 83.2 Å². The Morgan fingerprint density at radius 2 is 1.56 bits per heavy atom. The number of ketones is 1. The fraction of sp³-hybridized carbons (Fsp3) is 0.525. The second-order valence-electron chi connectivity index (χ2n) is 15.0. The van der Waals surface area contributed by atoms with Gasteiger partial charge in [0.1, 0.15) is 12.1 Å². The number of carbonyl (C=O) groups is 7. The molecule has 1 spiro atoms. The van der Waals surface area contributed by atoms with E-state index in [-0.39, 0.29) is 36.1 Å². The first-order chi connectivity index (χ1) is 28.1. The number of anilines is 1. The molecule has 3 fully saturated rings. The molecule has 3 aliphatic rings. The van der Waals surface area contributed by atoms with Gasteiger partial charge in [0.05, 0.1) is 21.6 Å². The van der Waals surface area contributed by atoms with Crippen molar-refractivity contribution in [2.24, 2.45) is 5.92 Å². The highest BCUT2D eigenvalue weighted by Crippen LogP contribution is 2.50. The van der Waals surface area contributed by atoms with Crippen LogP contribution in [-0.2, 0) is 43.6 Å². The van der Waals surface area contributed by atoms with Gasteiger partial charge in [-0.05, 0) is 72.9 Å². The quantitative estimate of drug-likeness (QED) is 0.126. The second kappa shape index (κ2) is 20.7. The van der Waals surface area contributed by atoms with Crippen LogP contribution in [-0.4, -0.2) is 107 Å². The van der Waals surface area contributed by atoms with Crippen molar-refractivity contribution in [1.82, 2.24) is 25.6 Å². The van der Waals surface area contributed by atoms with E-state index in [0.717, 1.165) is 37.2 Å². The molecule has 6 N–H and O–H groups in total. The zero-order valence-electron chi connectivity index (χ0n) is 33.1. The van der Waals surface area contributed by atoms with Gasteiger partial charge in [0.25, 0.3) is 5.91 Å². The van der Waals surface area contributed by atoms with E-state index < -0.39 is 80.2 Å². The third-order valence-corrected chi connectivity index (χ3v) is 15.4. The molecule has 0 radical (unpaired) electrons. The third kappa shape index (κ3) is 12.1. The Balaban J connectivity index is 1.33. The van der Waals surface area contributed by atoms with Gasteiger partial charge in [0, 0.05) is 25.6 Å². The Kier molecular flexibility index (Phi) is 16.0. The third-order valence-electron chi connectivity index (χ3n) is 10.6. The van der Waals surface area contributed by atoms with Crippen LogP contribution in [0.5, 0.6) is 0 Å². The SMILES string of the molecule is CCCC(NC(=O)[C@@H]1CC2(CN1C(=O)[C@@H](NS(=O)(=O)c1ccc(NC(C)=O)cc1)C1CCCCC1)SCCCS2)C(=O)C(=O)NCC(=O)NC(C(=O)O)c1ccccc1. The topological polar surface area (TPSA) is 237 Å². The fourth-order valence-electron chi connectivity index (χ4n) is 7.66. The minimum absolute atomic E-state index is 0.0693. The van der Waals surface area contributed by atoms with E-state index in [9.17, 15) is 47.1 Å². The van der Waals surface area contributed by atoms with Crippen molar-refractivity contribution in [1.29, 1.82) is 0 Å². The number of nitrogens with zero attached hydrogens (tertiary/aromatic N) is 1. The lowest BCUT2D eigenvalue weighted by Crippen LogP contribution is -2.58. The van der Waals surface area contributed by atoms with Gasteiger partial charge in [-0.2, -0.15) is 4.72 Å². The normalized spacial score (nSPS) is 19.5. The molecule has 4 atom stereocenters. The Labute approximate surface area is 352 Å². The number of benzene rings is 2. The van der Waals surface area contributed by atoms with Gasteiger partial charge in [-0.25, -0.2) is 13.2 Å². The number of rotatable bonds is 17. The first-order valence-electron chi connectivity index (χ1n) is 19.8. The summed E-state index contributed by atoms with van der Waals surface area (Å²) < 4.78 is 29.9. The molecule has 2 saturated heterocycles. The highest BCUT2D eigenvalue weighted by molar-refractivity contribution is 8.18. The van der Waals surface area contributed by atoms with Crippen LogP contribution in [0.15, 0.2) is 59.5 Å². The van der Waals surface area contributed by atoms with Gasteiger partial charge in [0.15, 0.2) is 6.04 Å². The molecule has 59 heavy (non-hydrogen) atoms. The second-order valence-corrected chi connectivity index (χ2v) is 19.9. The molecule has 0 bridgehead atoms. The molecule has 0 aromatic heterocycles. The van der Waals surface area contributed by atoms with E-state index in [4.69, 9.17) is 0 Å². The van der Waals surface area contributed by atoms with Crippen molar-refractivity contribution in [2.45, 2.75) is 105 Å². The van der Waals surface area contributed by atoms with Crippen molar-refractivity contribution in [2.75, 3.05) is 29.9 Å². The molecule has 19 heteroatoms. The minimum Gasteiger partial charge on any atom is -0.479 e. The number of aliphatic carboxylic acids is 1. The van der Waals surface area contributed by atoms with E-state index in [1.54, 1.807) is 48.6 Å². The summed E-state index contributed by atoms with van der Waals surface area (Å²) in [7, 11) is -4.25. The van der Waals surface area contributed by atoms with Crippen LogP contribution < -0.4 is 26.0 Å². The number of carboxylic acid groups (broad SMARTS) is 1. The number of hydrogen-bond acceptors (Lipinski definition) is 11. The monoisotopic (exact) mass is 872 g/mol. The maximum absolute atomic E-state index is 14.8. The average Bonchev–Trinajstić information content (AvgIpc) is 3.59. The fourth-order valence-corrected chi connectivity index (χ4v) is 12.3. The lowest BCUT2D eigenvalue weighted by molar-refractivity contribution is -0.144. The number of carbonyl (C=O) groups excluding carboxylic acids is 6. The van der Waals surface area contributed by atoms with Crippen molar-refractivity contribution in [3.63, 3.8) is 0 Å². The van der Waals surface area contributed by atoms with Gasteiger partial charge < -0.3 is 31.3 Å². The van der Waals surface area contributed by atoms with Crippen LogP contribution in [0.4, 0.5) is 5.69 Å². The van der Waals surface area contributed by atoms with Crippen LogP contribution in [0, 0.1) is 5.92 Å². The highest BCUT2D eigenvalue weighted by Gasteiger charge is 2.52. The summed E-state index contributed by atoms with van der Waals surface area (Å²) in [5.41, 5.74) is 0.718. The van der Waals surface area contributed by atoms with E-state index in [1.165, 1.54) is 48.2 Å². The Bertz CT molecular complexity index is 1970. The molecule has 5 rings (SSSR count). The van der Waals surface area contributed by atoms with Crippen molar-refractivity contribution in [3.05, 3.63) is 60.2 Å². The van der Waals surface area contributed by atoms with E-state index in [0.29, 0.717) is 30.5 Å². The number of Topliss-reactive ketones (excluding diaryl/α,β-unsaturated/α-hetero) is 1. The number of nitrogens with one attached hydrogen (secondary N) is 5. The summed E-state index contributed by atoms with van der Waals surface area (Å²) in [6.07, 6.45) is 5.39. The standard InChI is InChI=1S/C40H52N6O10S3/c1-3-11-30(35(49)37(51)41-23-32(48)44-34(39(53)54)27-14-8-5-9-15-27)43-36(50)31-22-40(57-20-10-21-58-40)24-46(31)38(52)33(26-12-6-4-7-13-26)45-59(55,56)29-18-16-28(17-19-29)42-25(2)47/h5,8-9,14-19,26,30-31,33-34,45H,3-4,6-7,10-13,20-24H2,1-2H3,(H,41,51)(H,42,47)(H,43,50)(H,44,48)(H,53,54)/t30?,31-,33-,34?/m0/s1. The van der Waals surface area contributed by atoms with Crippen molar-refractivity contribution >= 4 is 80.5 Å². The lowest BCUT2D eigenvalue weighted by atomic mass is 9.83. The highest BCUT2D eigenvalue weighted by atomic mass is 32.2. The largest absolute Gasteiger partial charge is 0.479 e. The van der Waals surface area contributed by atoms with E-state index >= 15 is 0 Å². The lowest BCUT2D eigenvalue weighted by Gasteiger charge is -2.35. The molecule has 1 saturated carbocycles. The molecule has 2 aromatic rings. The summed E-state index contributed by atoms with van der Waals surface area (Å²) in [5, 5.41) is 19.5. The predicted octanol–water partition coefficient (Wildman–Crippen LogP) is 2.95. The molecular weight excluding hydrogens is 821 g/mol. The van der Waals surface area contributed by atoms with Gasteiger partial charge in [0.2, 0.25) is 39.4 Å². The van der Waals surface area contributed by atoms with Gasteiger partial charge in [-0.1, -0.05) is 62.9 Å². The van der Waals surface area contributed by atoms with Crippen molar-refractivity contribution in [3.8, 4) is 0 Å². The first kappa shape index (κ1) is 45.6. The van der Waals surface area contributed by atoms with Crippen LogP contribution in [0.25, 0.3) is 0 Å². The average molecular weight is 873 g/mol. The molecule has 2 heterocycles. The summed E-state index contributed by atoms with van der Waals surface area (Å²) in [5.74, 6) is -4.60. The predicted molar refractivity (Wildman–Crippen MR) is 224 cm³/mol. The molecule has 16 nitrogen and oxygen atoms in total. The first-order valence-corrected chi connectivity index (χ1v) is 23.3. The molecular formula is C40H52N6O10S3. The van der Waals surface area contributed by atoms with Gasteiger partial charge in [-0.15, -0.1) is 23.5 Å². The van der Waals surface area contributed by atoms with Crippen molar-refractivity contribution < 1.29 is 47.1 Å². The summed E-state index contributed by atoms with van der Waals surface area (Å²) in [4.78, 5) is 93.1. The molecule has 2 aliphatic heterocycles. The molecule has 2 unspecified atom stereocenters. The zero-order chi connectivity index (χ0) is 42.7. The summed E-state index contributed by atoms with van der Waals surface area (Å²) >= 11 is 3.29. The number of carboxylic acids is 1. The number of amides is 5. The van der Waals surface area contributed by atoms with Gasteiger partial charge in [-0.3, -0.25) is 28.8 Å². The maximum Gasteiger partial charge on any atom is 0.330 e. The number of sulfonamides is 1. The van der Waals surface area contributed by atoms with Crippen LogP contribution in [0.2, 0.25) is 0 Å². The van der Waals surface area contributed by atoms with E-state index in [1.807, 2.05) is 0 Å². The van der Waals surface area contributed by atoms with E-state index in [2.05, 4.69) is 26.0 Å².